The highest BCUT2D eigenvalue weighted by Crippen LogP contribution is 2.12. The van der Waals surface area contributed by atoms with Gasteiger partial charge in [0.05, 0.1) is 6.54 Å². The van der Waals surface area contributed by atoms with Crippen LogP contribution in [0, 0.1) is 5.82 Å². The molecule has 2 aliphatic rings. The Bertz CT molecular complexity index is 499. The third kappa shape index (κ3) is 5.14. The van der Waals surface area contributed by atoms with Gasteiger partial charge in [-0.2, -0.15) is 0 Å². The lowest BCUT2D eigenvalue weighted by atomic mass is 10.2. The Hall–Kier alpha value is -1.21. The van der Waals surface area contributed by atoms with Crippen molar-refractivity contribution in [2.45, 2.75) is 12.5 Å². The van der Waals surface area contributed by atoms with Gasteiger partial charge < -0.3 is 10.6 Å². The Labute approximate surface area is 142 Å². The molecular weight excluding hydrogens is 319 g/mol. The monoisotopic (exact) mass is 342 g/mol. The molecule has 2 saturated heterocycles. The third-order valence-electron chi connectivity index (χ3n) is 4.45. The summed E-state index contributed by atoms with van der Waals surface area (Å²) < 4.78 is 12.8. The quantitative estimate of drug-likeness (QED) is 0.862. The van der Waals surface area contributed by atoms with E-state index < -0.39 is 0 Å². The topological polar surface area (TPSA) is 47.6 Å². The molecular formula is C16H24ClFN4O. The molecule has 1 aromatic rings. The summed E-state index contributed by atoms with van der Waals surface area (Å²) in [7, 11) is 0. The fourth-order valence-electron chi connectivity index (χ4n) is 3.17. The third-order valence-corrected chi connectivity index (χ3v) is 4.45. The molecule has 1 amide bonds. The number of carbonyl (C=O) groups excluding carboxylic acids is 1. The molecule has 0 radical (unpaired) electrons. The van der Waals surface area contributed by atoms with E-state index in [-0.39, 0.29) is 24.1 Å². The van der Waals surface area contributed by atoms with Crippen molar-refractivity contribution in [1.82, 2.24) is 15.1 Å². The first-order valence-corrected chi connectivity index (χ1v) is 7.93. The van der Waals surface area contributed by atoms with Crippen LogP contribution in [0.15, 0.2) is 24.3 Å². The van der Waals surface area contributed by atoms with Crippen LogP contribution in [0.4, 0.5) is 10.1 Å². The van der Waals surface area contributed by atoms with Crippen LogP contribution in [0.5, 0.6) is 0 Å². The molecule has 2 N–H and O–H groups in total. The van der Waals surface area contributed by atoms with Crippen molar-refractivity contribution in [3.63, 3.8) is 0 Å². The van der Waals surface area contributed by atoms with E-state index in [4.69, 9.17) is 0 Å². The molecule has 0 saturated carbocycles. The molecule has 5 nitrogen and oxygen atoms in total. The summed E-state index contributed by atoms with van der Waals surface area (Å²) >= 11 is 0. The number of nitrogens with zero attached hydrogens (tertiary/aromatic N) is 2. The zero-order chi connectivity index (χ0) is 15.4. The summed E-state index contributed by atoms with van der Waals surface area (Å²) in [4.78, 5) is 16.7. The van der Waals surface area contributed by atoms with Crippen molar-refractivity contribution in [3.8, 4) is 0 Å². The summed E-state index contributed by atoms with van der Waals surface area (Å²) in [5, 5.41) is 6.21. The first-order valence-electron chi connectivity index (χ1n) is 7.93. The van der Waals surface area contributed by atoms with Crippen molar-refractivity contribution in [3.05, 3.63) is 30.1 Å². The second-order valence-corrected chi connectivity index (χ2v) is 6.01. The fraction of sp³-hybridized carbons (Fsp3) is 0.562. The molecule has 7 heteroatoms. The summed E-state index contributed by atoms with van der Waals surface area (Å²) in [5.41, 5.74) is 0.641. The van der Waals surface area contributed by atoms with E-state index in [1.165, 1.54) is 18.6 Å². The largest absolute Gasteiger partial charge is 0.325 e. The Morgan fingerprint density at radius 2 is 1.91 bits per heavy atom. The van der Waals surface area contributed by atoms with Crippen LogP contribution >= 0.6 is 12.4 Å². The average molecular weight is 343 g/mol. The molecule has 1 aromatic carbocycles. The van der Waals surface area contributed by atoms with Gasteiger partial charge in [0.25, 0.3) is 0 Å². The Morgan fingerprint density at radius 1 is 1.22 bits per heavy atom. The van der Waals surface area contributed by atoms with Gasteiger partial charge in [-0.3, -0.25) is 14.6 Å². The zero-order valence-corrected chi connectivity index (χ0v) is 13.9. The predicted octanol–water partition coefficient (Wildman–Crippen LogP) is 1.17. The summed E-state index contributed by atoms with van der Waals surface area (Å²) in [6, 6.07) is 6.53. The number of hydrogen-bond donors (Lipinski definition) is 2. The average Bonchev–Trinajstić information content (AvgIpc) is 3.05. The molecule has 0 aliphatic carbocycles. The molecule has 3 rings (SSSR count). The van der Waals surface area contributed by atoms with Gasteiger partial charge in [0.2, 0.25) is 5.91 Å². The molecule has 0 spiro atoms. The molecule has 2 aliphatic heterocycles. The fourth-order valence-corrected chi connectivity index (χ4v) is 3.17. The van der Waals surface area contributed by atoms with E-state index >= 15 is 0 Å². The van der Waals surface area contributed by atoms with Gasteiger partial charge in [0.1, 0.15) is 5.82 Å². The van der Waals surface area contributed by atoms with E-state index in [2.05, 4.69) is 20.4 Å². The van der Waals surface area contributed by atoms with Crippen molar-refractivity contribution >= 4 is 24.0 Å². The maximum absolute atomic E-state index is 12.8. The maximum atomic E-state index is 12.8. The van der Waals surface area contributed by atoms with Crippen molar-refractivity contribution < 1.29 is 9.18 Å². The van der Waals surface area contributed by atoms with Crippen molar-refractivity contribution in [2.24, 2.45) is 0 Å². The Kier molecular flexibility index (Phi) is 6.77. The number of benzene rings is 1. The van der Waals surface area contributed by atoms with Crippen LogP contribution in [-0.2, 0) is 4.79 Å². The molecule has 128 valence electrons. The lowest BCUT2D eigenvalue weighted by molar-refractivity contribution is -0.117. The van der Waals surface area contributed by atoms with Gasteiger partial charge in [-0.15, -0.1) is 12.4 Å². The smallest absolute Gasteiger partial charge is 0.238 e. The molecule has 2 fully saturated rings. The Morgan fingerprint density at radius 3 is 2.52 bits per heavy atom. The molecule has 0 aromatic heterocycles. The summed E-state index contributed by atoms with van der Waals surface area (Å²) in [6.45, 7) is 6.50. The minimum Gasteiger partial charge on any atom is -0.325 e. The standard InChI is InChI=1S/C16H23FN4O.ClH/c17-13-1-3-14(4-2-13)19-16(22)12-20-7-9-21(10-8-20)15-5-6-18-11-15;/h1-4,15,18H,5-12H2,(H,19,22);1H. The van der Waals surface area contributed by atoms with E-state index in [0.29, 0.717) is 18.3 Å². The highest BCUT2D eigenvalue weighted by Gasteiger charge is 2.26. The Balaban J connectivity index is 0.00000192. The number of amides is 1. The number of piperazine rings is 1. The van der Waals surface area contributed by atoms with Crippen LogP contribution in [0.3, 0.4) is 0 Å². The highest BCUT2D eigenvalue weighted by atomic mass is 35.5. The van der Waals surface area contributed by atoms with Gasteiger partial charge in [0.15, 0.2) is 0 Å². The molecule has 2 heterocycles. The number of carbonyl (C=O) groups is 1. The van der Waals surface area contributed by atoms with E-state index in [1.54, 1.807) is 12.1 Å². The van der Waals surface area contributed by atoms with Crippen LogP contribution in [0.1, 0.15) is 6.42 Å². The number of hydrogen-bond acceptors (Lipinski definition) is 4. The van der Waals surface area contributed by atoms with Gasteiger partial charge >= 0.3 is 0 Å². The molecule has 1 atom stereocenters. The van der Waals surface area contributed by atoms with E-state index in [9.17, 15) is 9.18 Å². The van der Waals surface area contributed by atoms with Crippen LogP contribution in [0.25, 0.3) is 0 Å². The first kappa shape index (κ1) is 18.1. The van der Waals surface area contributed by atoms with Gasteiger partial charge in [-0.1, -0.05) is 0 Å². The maximum Gasteiger partial charge on any atom is 0.238 e. The van der Waals surface area contributed by atoms with Crippen LogP contribution < -0.4 is 10.6 Å². The SMILES string of the molecule is Cl.O=C(CN1CCN(C2CCNC2)CC1)Nc1ccc(F)cc1. The van der Waals surface area contributed by atoms with E-state index in [0.717, 1.165) is 39.3 Å². The minimum absolute atomic E-state index is 0. The molecule has 0 bridgehead atoms. The molecule has 23 heavy (non-hydrogen) atoms. The predicted molar refractivity (Wildman–Crippen MR) is 91.6 cm³/mol. The van der Waals surface area contributed by atoms with Crippen LogP contribution in [-0.4, -0.2) is 67.6 Å². The minimum atomic E-state index is -0.296. The second-order valence-electron chi connectivity index (χ2n) is 6.01. The number of nitrogens with one attached hydrogen (secondary N) is 2. The highest BCUT2D eigenvalue weighted by molar-refractivity contribution is 5.92. The lowest BCUT2D eigenvalue weighted by Crippen LogP contribution is -2.52. The zero-order valence-electron chi connectivity index (χ0n) is 13.1. The van der Waals surface area contributed by atoms with Crippen molar-refractivity contribution in [2.75, 3.05) is 51.1 Å². The summed E-state index contributed by atoms with van der Waals surface area (Å²) in [5.74, 6) is -0.335. The van der Waals surface area contributed by atoms with Crippen LogP contribution in [0.2, 0.25) is 0 Å². The number of anilines is 1. The van der Waals surface area contributed by atoms with E-state index in [1.807, 2.05) is 0 Å². The lowest BCUT2D eigenvalue weighted by Gasteiger charge is -2.37. The van der Waals surface area contributed by atoms with Gasteiger partial charge in [0, 0.05) is 44.5 Å². The normalized spacial score (nSPS) is 22.6. The van der Waals surface area contributed by atoms with Gasteiger partial charge in [-0.05, 0) is 37.2 Å². The second kappa shape index (κ2) is 8.59. The first-order chi connectivity index (χ1) is 10.7. The van der Waals surface area contributed by atoms with Gasteiger partial charge in [-0.25, -0.2) is 4.39 Å². The van der Waals surface area contributed by atoms with Crippen molar-refractivity contribution in [1.29, 1.82) is 0 Å². The molecule has 1 unspecified atom stereocenters. The number of halogens is 2. The number of rotatable bonds is 4. The summed E-state index contributed by atoms with van der Waals surface area (Å²) in [6.07, 6.45) is 1.23.